The maximum atomic E-state index is 12.8. The molecule has 1 aliphatic rings. The first-order valence-corrected chi connectivity index (χ1v) is 9.60. The Kier molecular flexibility index (Phi) is 6.72. The van der Waals surface area contributed by atoms with Crippen LogP contribution in [0.3, 0.4) is 0 Å². The number of methoxy groups -OCH3 is 1. The Labute approximate surface area is 150 Å². The fourth-order valence-electron chi connectivity index (χ4n) is 2.80. The van der Waals surface area contributed by atoms with Crippen molar-refractivity contribution in [3.8, 4) is 0 Å². The molecule has 0 spiro atoms. The molecule has 0 aliphatic carbocycles. The number of nitrogens with zero attached hydrogens (tertiary/aromatic N) is 1. The van der Waals surface area contributed by atoms with Crippen molar-refractivity contribution in [1.29, 1.82) is 0 Å². The second-order valence-electron chi connectivity index (χ2n) is 5.82. The number of hydrogen-bond donors (Lipinski definition) is 1. The highest BCUT2D eigenvalue weighted by Gasteiger charge is 2.33. The maximum Gasteiger partial charge on any atom is 0.416 e. The monoisotopic (exact) mass is 400 g/mol. The zero-order chi connectivity index (χ0) is 18.7. The Morgan fingerprint density at radius 3 is 2.76 bits per heavy atom. The van der Waals surface area contributed by atoms with Crippen LogP contribution in [-0.2, 0) is 20.9 Å². The largest absolute Gasteiger partial charge is 0.416 e. The predicted octanol–water partition coefficient (Wildman–Crippen LogP) is 2.75. The van der Waals surface area contributed by atoms with E-state index >= 15 is 0 Å². The molecule has 1 N–H and O–H groups in total. The van der Waals surface area contributed by atoms with Gasteiger partial charge in [0, 0.05) is 26.2 Å². The van der Waals surface area contributed by atoms with E-state index < -0.39 is 26.7 Å². The summed E-state index contributed by atoms with van der Waals surface area (Å²) in [4.78, 5) is 1.53. The average molecular weight is 401 g/mol. The standard InChI is InChI=1S/C15H20ClF3N2O3S/c1-24-8-7-21-6-2-3-12(21)10-20-25(22,23)14-9-11(15(17,18)19)4-5-13(14)16/h4-5,9,12,20H,2-3,6-8,10H2,1H3/t12-/m0/s1. The first kappa shape index (κ1) is 20.4. The first-order valence-electron chi connectivity index (χ1n) is 7.74. The van der Waals surface area contributed by atoms with Crippen LogP contribution in [0, 0.1) is 0 Å². The van der Waals surface area contributed by atoms with E-state index in [4.69, 9.17) is 16.3 Å². The van der Waals surface area contributed by atoms with Crippen LogP contribution >= 0.6 is 11.6 Å². The van der Waals surface area contributed by atoms with E-state index in [-0.39, 0.29) is 17.6 Å². The highest BCUT2D eigenvalue weighted by molar-refractivity contribution is 7.89. The number of rotatable bonds is 7. The second kappa shape index (κ2) is 8.22. The zero-order valence-electron chi connectivity index (χ0n) is 13.6. The smallest absolute Gasteiger partial charge is 0.383 e. The number of alkyl halides is 3. The molecule has 10 heteroatoms. The van der Waals surface area contributed by atoms with Gasteiger partial charge in [0.15, 0.2) is 0 Å². The third-order valence-electron chi connectivity index (χ3n) is 4.14. The Hall–Kier alpha value is -0.870. The normalized spacial score (nSPS) is 19.5. The van der Waals surface area contributed by atoms with Crippen molar-refractivity contribution in [2.45, 2.75) is 30.0 Å². The van der Waals surface area contributed by atoms with Gasteiger partial charge in [-0.3, -0.25) is 4.90 Å². The van der Waals surface area contributed by atoms with Crippen molar-refractivity contribution < 1.29 is 26.3 Å². The molecule has 25 heavy (non-hydrogen) atoms. The molecule has 142 valence electrons. The lowest BCUT2D eigenvalue weighted by Crippen LogP contribution is -2.41. The predicted molar refractivity (Wildman–Crippen MR) is 88.1 cm³/mol. The molecule has 1 aromatic carbocycles. The van der Waals surface area contributed by atoms with Gasteiger partial charge in [-0.1, -0.05) is 11.6 Å². The number of halogens is 4. The van der Waals surface area contributed by atoms with Gasteiger partial charge in [0.2, 0.25) is 10.0 Å². The summed E-state index contributed by atoms with van der Waals surface area (Å²) >= 11 is 5.81. The zero-order valence-corrected chi connectivity index (χ0v) is 15.2. The van der Waals surface area contributed by atoms with Gasteiger partial charge in [-0.05, 0) is 37.6 Å². The van der Waals surface area contributed by atoms with Crippen LogP contribution in [0.5, 0.6) is 0 Å². The number of hydrogen-bond acceptors (Lipinski definition) is 4. The van der Waals surface area contributed by atoms with Gasteiger partial charge >= 0.3 is 6.18 Å². The molecule has 0 amide bonds. The molecule has 5 nitrogen and oxygen atoms in total. The van der Waals surface area contributed by atoms with Gasteiger partial charge in [-0.2, -0.15) is 13.2 Å². The van der Waals surface area contributed by atoms with Gasteiger partial charge in [-0.25, -0.2) is 13.1 Å². The van der Waals surface area contributed by atoms with Gasteiger partial charge in [0.1, 0.15) is 4.90 Å². The van der Waals surface area contributed by atoms with Crippen molar-refractivity contribution in [2.75, 3.05) is 33.4 Å². The SMILES string of the molecule is COCCN1CCC[C@H]1CNS(=O)(=O)c1cc(C(F)(F)F)ccc1Cl. The third-order valence-corrected chi connectivity index (χ3v) is 6.04. The Bertz CT molecular complexity index is 698. The number of ether oxygens (including phenoxy) is 1. The van der Waals surface area contributed by atoms with E-state index in [1.165, 1.54) is 0 Å². The summed E-state index contributed by atoms with van der Waals surface area (Å²) in [5.41, 5.74) is -1.06. The van der Waals surface area contributed by atoms with E-state index in [2.05, 4.69) is 9.62 Å². The van der Waals surface area contributed by atoms with Crippen molar-refractivity contribution in [1.82, 2.24) is 9.62 Å². The lowest BCUT2D eigenvalue weighted by Gasteiger charge is -2.24. The quantitative estimate of drug-likeness (QED) is 0.764. The number of benzene rings is 1. The molecule has 0 bridgehead atoms. The van der Waals surface area contributed by atoms with Gasteiger partial charge < -0.3 is 4.74 Å². The first-order chi connectivity index (χ1) is 11.6. The minimum absolute atomic E-state index is 0.0190. The molecule has 1 fully saturated rings. The lowest BCUT2D eigenvalue weighted by molar-refractivity contribution is -0.137. The summed E-state index contributed by atoms with van der Waals surface area (Å²) in [5, 5.41) is -0.247. The van der Waals surface area contributed by atoms with E-state index in [0.29, 0.717) is 19.2 Å². The molecule has 0 saturated carbocycles. The highest BCUT2D eigenvalue weighted by atomic mass is 35.5. The molecule has 1 heterocycles. The molecule has 1 aromatic rings. The van der Waals surface area contributed by atoms with Crippen LogP contribution in [0.2, 0.25) is 5.02 Å². The molecule has 0 unspecified atom stereocenters. The Balaban J connectivity index is 2.11. The second-order valence-corrected chi connectivity index (χ2v) is 7.96. The molecule has 0 radical (unpaired) electrons. The third kappa shape index (κ3) is 5.30. The van der Waals surface area contributed by atoms with Crippen molar-refractivity contribution >= 4 is 21.6 Å². The van der Waals surface area contributed by atoms with E-state index in [1.807, 2.05) is 0 Å². The lowest BCUT2D eigenvalue weighted by atomic mass is 10.2. The molecule has 2 rings (SSSR count). The molecule has 0 aromatic heterocycles. The highest BCUT2D eigenvalue weighted by Crippen LogP contribution is 2.33. The molecule has 1 aliphatic heterocycles. The van der Waals surface area contributed by atoms with Crippen LogP contribution in [0.4, 0.5) is 13.2 Å². The summed E-state index contributed by atoms with van der Waals surface area (Å²) < 4.78 is 70.6. The van der Waals surface area contributed by atoms with Gasteiger partial charge in [0.25, 0.3) is 0 Å². The van der Waals surface area contributed by atoms with E-state index in [9.17, 15) is 21.6 Å². The van der Waals surface area contributed by atoms with Gasteiger partial charge in [0.05, 0.1) is 17.2 Å². The van der Waals surface area contributed by atoms with Crippen LogP contribution in [0.1, 0.15) is 18.4 Å². The average Bonchev–Trinajstić information content (AvgIpc) is 2.97. The minimum atomic E-state index is -4.64. The summed E-state index contributed by atoms with van der Waals surface area (Å²) in [6, 6.07) is 2.24. The Morgan fingerprint density at radius 2 is 2.12 bits per heavy atom. The van der Waals surface area contributed by atoms with Crippen LogP contribution in [-0.4, -0.2) is 52.7 Å². The topological polar surface area (TPSA) is 58.6 Å². The molecular weight excluding hydrogens is 381 g/mol. The minimum Gasteiger partial charge on any atom is -0.383 e. The van der Waals surface area contributed by atoms with Crippen LogP contribution in [0.25, 0.3) is 0 Å². The summed E-state index contributed by atoms with van der Waals surface area (Å²) in [7, 11) is -2.56. The summed E-state index contributed by atoms with van der Waals surface area (Å²) in [6.07, 6.45) is -2.90. The fourth-order valence-corrected chi connectivity index (χ4v) is 4.39. The summed E-state index contributed by atoms with van der Waals surface area (Å²) in [5.74, 6) is 0. The number of likely N-dealkylation sites (tertiary alicyclic amines) is 1. The van der Waals surface area contributed by atoms with E-state index in [1.54, 1.807) is 7.11 Å². The van der Waals surface area contributed by atoms with Crippen molar-refractivity contribution in [2.24, 2.45) is 0 Å². The van der Waals surface area contributed by atoms with Crippen molar-refractivity contribution in [3.63, 3.8) is 0 Å². The van der Waals surface area contributed by atoms with E-state index in [0.717, 1.165) is 31.5 Å². The number of nitrogens with one attached hydrogen (secondary N) is 1. The molecular formula is C15H20ClF3N2O3S. The van der Waals surface area contributed by atoms with Gasteiger partial charge in [-0.15, -0.1) is 0 Å². The van der Waals surface area contributed by atoms with Crippen LogP contribution in [0.15, 0.2) is 23.1 Å². The summed E-state index contributed by atoms with van der Waals surface area (Å²) in [6.45, 7) is 2.15. The Morgan fingerprint density at radius 1 is 1.40 bits per heavy atom. The fraction of sp³-hybridized carbons (Fsp3) is 0.600. The van der Waals surface area contributed by atoms with Crippen molar-refractivity contribution in [3.05, 3.63) is 28.8 Å². The number of sulfonamides is 1. The van der Waals surface area contributed by atoms with Crippen LogP contribution < -0.4 is 4.72 Å². The molecule has 1 atom stereocenters. The maximum absolute atomic E-state index is 12.8. The molecule has 1 saturated heterocycles.